The van der Waals surface area contributed by atoms with Gasteiger partial charge in [-0.15, -0.1) is 0 Å². The molecule has 1 fully saturated rings. The van der Waals surface area contributed by atoms with Gasteiger partial charge in [0.25, 0.3) is 5.91 Å². The number of anilines is 1. The summed E-state index contributed by atoms with van der Waals surface area (Å²) in [6, 6.07) is 6.01. The highest BCUT2D eigenvalue weighted by Crippen LogP contribution is 2.25. The zero-order valence-corrected chi connectivity index (χ0v) is 13.2. The van der Waals surface area contributed by atoms with Crippen LogP contribution in [0.5, 0.6) is 0 Å². The summed E-state index contributed by atoms with van der Waals surface area (Å²) in [6.07, 6.45) is 3.55. The van der Waals surface area contributed by atoms with Crippen molar-refractivity contribution in [3.8, 4) is 0 Å². The van der Waals surface area contributed by atoms with Crippen molar-refractivity contribution < 1.29 is 4.79 Å². The lowest BCUT2D eigenvalue weighted by atomic mass is 10.1. The third kappa shape index (κ3) is 4.17. The van der Waals surface area contributed by atoms with Gasteiger partial charge in [-0.1, -0.05) is 18.6 Å². The number of carbonyl (C=O) groups is 1. The van der Waals surface area contributed by atoms with Crippen LogP contribution in [0.1, 0.15) is 42.1 Å². The molecule has 1 aliphatic rings. The monoisotopic (exact) mass is 292 g/mol. The molecule has 1 amide bonds. The van der Waals surface area contributed by atoms with Gasteiger partial charge >= 0.3 is 0 Å². The molecule has 3 nitrogen and oxygen atoms in total. The summed E-state index contributed by atoms with van der Waals surface area (Å²) >= 11 is 1.97. The van der Waals surface area contributed by atoms with Crippen LogP contribution in [0.4, 0.5) is 5.69 Å². The van der Waals surface area contributed by atoms with E-state index in [9.17, 15) is 4.79 Å². The number of thioether (sulfide) groups is 1. The van der Waals surface area contributed by atoms with E-state index in [1.165, 1.54) is 18.6 Å². The highest BCUT2D eigenvalue weighted by atomic mass is 32.2. The number of hydrogen-bond donors (Lipinski definition) is 2. The van der Waals surface area contributed by atoms with Gasteiger partial charge in [-0.05, 0) is 44.1 Å². The molecule has 0 bridgehead atoms. The van der Waals surface area contributed by atoms with Crippen molar-refractivity contribution in [2.45, 2.75) is 38.4 Å². The molecule has 2 rings (SSSR count). The molecule has 0 saturated carbocycles. The van der Waals surface area contributed by atoms with E-state index in [0.717, 1.165) is 36.3 Å². The average Bonchev–Trinajstić information content (AvgIpc) is 2.96. The second-order valence-corrected chi connectivity index (χ2v) is 6.73. The minimum absolute atomic E-state index is 0.0415. The Balaban J connectivity index is 2.00. The molecule has 2 N–H and O–H groups in total. The topological polar surface area (TPSA) is 41.1 Å². The Morgan fingerprint density at radius 2 is 2.30 bits per heavy atom. The van der Waals surface area contributed by atoms with Gasteiger partial charge in [-0.2, -0.15) is 11.8 Å². The first-order valence-electron chi connectivity index (χ1n) is 7.45. The van der Waals surface area contributed by atoms with Gasteiger partial charge in [-0.25, -0.2) is 0 Å². The van der Waals surface area contributed by atoms with E-state index >= 15 is 0 Å². The van der Waals surface area contributed by atoms with Gasteiger partial charge in [0.15, 0.2) is 0 Å². The first kappa shape index (κ1) is 15.2. The van der Waals surface area contributed by atoms with Crippen molar-refractivity contribution in [1.29, 1.82) is 0 Å². The summed E-state index contributed by atoms with van der Waals surface area (Å²) in [5.41, 5.74) is 2.82. The molecule has 4 heteroatoms. The van der Waals surface area contributed by atoms with Crippen LogP contribution >= 0.6 is 11.8 Å². The number of hydrogen-bond acceptors (Lipinski definition) is 3. The Labute approximate surface area is 125 Å². The first-order chi connectivity index (χ1) is 9.70. The van der Waals surface area contributed by atoms with Crippen molar-refractivity contribution >= 4 is 23.4 Å². The predicted molar refractivity (Wildman–Crippen MR) is 87.8 cm³/mol. The van der Waals surface area contributed by atoms with Crippen molar-refractivity contribution in [1.82, 2.24) is 5.32 Å². The molecule has 20 heavy (non-hydrogen) atoms. The minimum Gasteiger partial charge on any atom is -0.384 e. The molecule has 110 valence electrons. The number of benzene rings is 1. The molecule has 1 heterocycles. The molecule has 1 aromatic carbocycles. The number of rotatable bonds is 6. The molecule has 0 radical (unpaired) electrons. The molecule has 0 aliphatic carbocycles. The second kappa shape index (κ2) is 7.58. The Bertz CT molecular complexity index is 456. The maximum atomic E-state index is 12.4. The Morgan fingerprint density at radius 3 is 3.00 bits per heavy atom. The second-order valence-electron chi connectivity index (χ2n) is 5.32. The van der Waals surface area contributed by atoms with E-state index in [4.69, 9.17) is 0 Å². The highest BCUT2D eigenvalue weighted by molar-refractivity contribution is 8.00. The Kier molecular flexibility index (Phi) is 5.77. The molecule has 1 atom stereocenters. The van der Waals surface area contributed by atoms with E-state index in [1.807, 2.05) is 36.9 Å². The number of carbonyl (C=O) groups excluding carboxylic acids is 1. The van der Waals surface area contributed by atoms with Crippen molar-refractivity contribution in [3.63, 3.8) is 0 Å². The van der Waals surface area contributed by atoms with Gasteiger partial charge in [0.05, 0.1) is 5.56 Å². The summed E-state index contributed by atoms with van der Waals surface area (Å²) in [5, 5.41) is 7.01. The lowest BCUT2D eigenvalue weighted by Gasteiger charge is -2.14. The first-order valence-corrected chi connectivity index (χ1v) is 8.50. The van der Waals surface area contributed by atoms with Crippen LogP contribution in [0.3, 0.4) is 0 Å². The Morgan fingerprint density at radius 1 is 1.45 bits per heavy atom. The van der Waals surface area contributed by atoms with Crippen LogP contribution in [-0.4, -0.2) is 30.0 Å². The van der Waals surface area contributed by atoms with Gasteiger partial charge in [-0.3, -0.25) is 4.79 Å². The van der Waals surface area contributed by atoms with Gasteiger partial charge in [0.1, 0.15) is 0 Å². The molecule has 1 unspecified atom stereocenters. The summed E-state index contributed by atoms with van der Waals surface area (Å²) in [6.45, 7) is 5.82. The van der Waals surface area contributed by atoms with Crippen LogP contribution in [-0.2, 0) is 0 Å². The van der Waals surface area contributed by atoms with Gasteiger partial charge in [0.2, 0.25) is 0 Å². The molecular weight excluding hydrogens is 268 g/mol. The lowest BCUT2D eigenvalue weighted by Crippen LogP contribution is -2.30. The van der Waals surface area contributed by atoms with Crippen LogP contribution in [0, 0.1) is 6.92 Å². The quantitative estimate of drug-likeness (QED) is 0.844. The fourth-order valence-electron chi connectivity index (χ4n) is 2.37. The molecule has 1 aromatic rings. The summed E-state index contributed by atoms with van der Waals surface area (Å²) in [4.78, 5) is 12.4. The lowest BCUT2D eigenvalue weighted by molar-refractivity contribution is 0.0954. The number of aryl methyl sites for hydroxylation is 1. The fraction of sp³-hybridized carbons (Fsp3) is 0.562. The largest absolute Gasteiger partial charge is 0.384 e. The van der Waals surface area contributed by atoms with E-state index in [-0.39, 0.29) is 5.91 Å². The van der Waals surface area contributed by atoms with E-state index in [1.54, 1.807) is 0 Å². The van der Waals surface area contributed by atoms with Gasteiger partial charge < -0.3 is 10.6 Å². The van der Waals surface area contributed by atoms with E-state index in [0.29, 0.717) is 5.25 Å². The average molecular weight is 292 g/mol. The highest BCUT2D eigenvalue weighted by Gasteiger charge is 2.18. The summed E-state index contributed by atoms with van der Waals surface area (Å²) in [7, 11) is 0. The van der Waals surface area contributed by atoms with Gasteiger partial charge in [0, 0.05) is 24.0 Å². The maximum absolute atomic E-state index is 12.4. The zero-order valence-electron chi connectivity index (χ0n) is 12.4. The van der Waals surface area contributed by atoms with E-state index in [2.05, 4.69) is 17.6 Å². The maximum Gasteiger partial charge on any atom is 0.253 e. The van der Waals surface area contributed by atoms with Crippen molar-refractivity contribution in [3.05, 3.63) is 29.3 Å². The number of amides is 1. The van der Waals surface area contributed by atoms with Crippen LogP contribution < -0.4 is 10.6 Å². The zero-order chi connectivity index (χ0) is 14.4. The van der Waals surface area contributed by atoms with Crippen LogP contribution in [0.2, 0.25) is 0 Å². The molecule has 1 aliphatic heterocycles. The Hall–Kier alpha value is -1.16. The molecule has 0 spiro atoms. The third-order valence-corrected chi connectivity index (χ3v) is 4.90. The van der Waals surface area contributed by atoms with E-state index < -0.39 is 0 Å². The van der Waals surface area contributed by atoms with Crippen LogP contribution in [0.25, 0.3) is 0 Å². The van der Waals surface area contributed by atoms with Crippen molar-refractivity contribution in [2.24, 2.45) is 0 Å². The standard InChI is InChI=1S/C16H24N2OS/c1-3-8-17-15-7-6-12(2)10-14(15)16(19)18-11-13-5-4-9-20-13/h6-7,10,13,17H,3-5,8-9,11H2,1-2H3,(H,18,19). The molecule has 1 saturated heterocycles. The molecule has 0 aromatic heterocycles. The summed E-state index contributed by atoms with van der Waals surface area (Å²) < 4.78 is 0. The fourth-order valence-corrected chi connectivity index (χ4v) is 3.57. The summed E-state index contributed by atoms with van der Waals surface area (Å²) in [5.74, 6) is 1.27. The number of nitrogens with one attached hydrogen (secondary N) is 2. The minimum atomic E-state index is 0.0415. The normalized spacial score (nSPS) is 18.0. The predicted octanol–water partition coefficient (Wildman–Crippen LogP) is 3.44. The SMILES string of the molecule is CCCNc1ccc(C)cc1C(=O)NCC1CCCS1. The van der Waals surface area contributed by atoms with Crippen molar-refractivity contribution in [2.75, 3.05) is 24.2 Å². The third-order valence-electron chi connectivity index (χ3n) is 3.50. The molecular formula is C16H24N2OS. The van der Waals surface area contributed by atoms with Crippen LogP contribution in [0.15, 0.2) is 18.2 Å². The smallest absolute Gasteiger partial charge is 0.253 e.